The van der Waals surface area contributed by atoms with Gasteiger partial charge in [0.25, 0.3) is 0 Å². The first-order chi connectivity index (χ1) is 11.7. The molecule has 0 aliphatic carbocycles. The van der Waals surface area contributed by atoms with Crippen molar-refractivity contribution in [3.63, 3.8) is 0 Å². The van der Waals surface area contributed by atoms with Gasteiger partial charge in [-0.05, 0) is 37.5 Å². The van der Waals surface area contributed by atoms with Crippen molar-refractivity contribution in [2.24, 2.45) is 4.99 Å². The molecule has 1 aromatic carbocycles. The zero-order valence-corrected chi connectivity index (χ0v) is 15.4. The summed E-state index contributed by atoms with van der Waals surface area (Å²) in [5.74, 6) is 1.72. The maximum absolute atomic E-state index is 5.18. The Morgan fingerprint density at radius 1 is 1.21 bits per heavy atom. The van der Waals surface area contributed by atoms with Crippen LogP contribution in [0.4, 0.5) is 0 Å². The Morgan fingerprint density at radius 2 is 2.00 bits per heavy atom. The van der Waals surface area contributed by atoms with Crippen molar-refractivity contribution in [2.45, 2.75) is 33.2 Å². The SMILES string of the molecule is CCNC(=NCc1csc(CC)n1)NCCc1ccc(OC)cc1. The molecule has 5 nitrogen and oxygen atoms in total. The molecule has 2 aromatic rings. The molecule has 0 saturated heterocycles. The molecule has 130 valence electrons. The van der Waals surface area contributed by atoms with Crippen LogP contribution < -0.4 is 15.4 Å². The summed E-state index contributed by atoms with van der Waals surface area (Å²) in [5, 5.41) is 9.90. The van der Waals surface area contributed by atoms with Gasteiger partial charge < -0.3 is 15.4 Å². The lowest BCUT2D eigenvalue weighted by atomic mass is 10.1. The molecule has 1 heterocycles. The first-order valence-corrected chi connectivity index (χ1v) is 9.21. The van der Waals surface area contributed by atoms with Gasteiger partial charge in [0.05, 0.1) is 24.4 Å². The summed E-state index contributed by atoms with van der Waals surface area (Å²) in [5.41, 5.74) is 2.30. The van der Waals surface area contributed by atoms with Crippen LogP contribution >= 0.6 is 11.3 Å². The van der Waals surface area contributed by atoms with Gasteiger partial charge in [-0.3, -0.25) is 0 Å². The molecule has 2 rings (SSSR count). The Hall–Kier alpha value is -2.08. The predicted octanol–water partition coefficient (Wildman–Crippen LogP) is 3.01. The number of aromatic nitrogens is 1. The summed E-state index contributed by atoms with van der Waals surface area (Å²) < 4.78 is 5.18. The zero-order chi connectivity index (χ0) is 17.2. The van der Waals surface area contributed by atoms with Gasteiger partial charge in [-0.2, -0.15) is 0 Å². The molecule has 2 N–H and O–H groups in total. The molecule has 0 aliphatic rings. The highest BCUT2D eigenvalue weighted by Crippen LogP contribution is 2.12. The first-order valence-electron chi connectivity index (χ1n) is 8.33. The fraction of sp³-hybridized carbons (Fsp3) is 0.444. The Morgan fingerprint density at radius 3 is 2.62 bits per heavy atom. The minimum Gasteiger partial charge on any atom is -0.497 e. The van der Waals surface area contributed by atoms with Crippen molar-refractivity contribution < 1.29 is 4.74 Å². The van der Waals surface area contributed by atoms with Crippen LogP contribution in [0.2, 0.25) is 0 Å². The largest absolute Gasteiger partial charge is 0.497 e. The predicted molar refractivity (Wildman–Crippen MR) is 101 cm³/mol. The highest BCUT2D eigenvalue weighted by Gasteiger charge is 2.02. The first kappa shape index (κ1) is 18.3. The zero-order valence-electron chi connectivity index (χ0n) is 14.6. The van der Waals surface area contributed by atoms with Crippen molar-refractivity contribution in [3.05, 3.63) is 45.9 Å². The maximum Gasteiger partial charge on any atom is 0.191 e. The lowest BCUT2D eigenvalue weighted by Crippen LogP contribution is -2.38. The molecule has 0 fully saturated rings. The number of benzene rings is 1. The summed E-state index contributed by atoms with van der Waals surface area (Å²) in [6.07, 6.45) is 1.92. The number of nitrogens with one attached hydrogen (secondary N) is 2. The number of guanidine groups is 1. The number of methoxy groups -OCH3 is 1. The van der Waals surface area contributed by atoms with Crippen LogP contribution in [0.3, 0.4) is 0 Å². The smallest absolute Gasteiger partial charge is 0.191 e. The van der Waals surface area contributed by atoms with Gasteiger partial charge in [-0.25, -0.2) is 9.98 Å². The molecule has 24 heavy (non-hydrogen) atoms. The molecular weight excluding hydrogens is 320 g/mol. The quantitative estimate of drug-likeness (QED) is 0.570. The van der Waals surface area contributed by atoms with Gasteiger partial charge >= 0.3 is 0 Å². The minimum absolute atomic E-state index is 0.606. The number of thiazole rings is 1. The second kappa shape index (κ2) is 9.93. The van der Waals surface area contributed by atoms with Crippen LogP contribution in [0.1, 0.15) is 30.1 Å². The van der Waals surface area contributed by atoms with Crippen LogP contribution in [0.25, 0.3) is 0 Å². The van der Waals surface area contributed by atoms with E-state index in [1.807, 2.05) is 12.1 Å². The van der Waals surface area contributed by atoms with Crippen molar-refractivity contribution in [1.82, 2.24) is 15.6 Å². The topological polar surface area (TPSA) is 58.5 Å². The number of aryl methyl sites for hydroxylation is 1. The third-order valence-corrected chi connectivity index (χ3v) is 4.55. The van der Waals surface area contributed by atoms with Gasteiger partial charge in [0.1, 0.15) is 5.75 Å². The normalized spacial score (nSPS) is 11.4. The van der Waals surface area contributed by atoms with Crippen molar-refractivity contribution in [2.75, 3.05) is 20.2 Å². The van der Waals surface area contributed by atoms with Crippen LogP contribution in [-0.2, 0) is 19.4 Å². The summed E-state index contributed by atoms with van der Waals surface area (Å²) in [6.45, 7) is 6.46. The number of ether oxygens (including phenoxy) is 1. The van der Waals surface area contributed by atoms with Crippen LogP contribution in [0.15, 0.2) is 34.6 Å². The molecule has 0 bridgehead atoms. The van der Waals surface area contributed by atoms with E-state index in [4.69, 9.17) is 4.74 Å². The van der Waals surface area contributed by atoms with Gasteiger partial charge in [0.2, 0.25) is 0 Å². The average Bonchev–Trinajstić information content (AvgIpc) is 3.08. The fourth-order valence-corrected chi connectivity index (χ4v) is 2.94. The van der Waals surface area contributed by atoms with Gasteiger partial charge in [-0.15, -0.1) is 11.3 Å². The van der Waals surface area contributed by atoms with E-state index in [-0.39, 0.29) is 0 Å². The summed E-state index contributed by atoms with van der Waals surface area (Å²) >= 11 is 1.70. The van der Waals surface area contributed by atoms with E-state index in [0.29, 0.717) is 6.54 Å². The molecule has 0 amide bonds. The van der Waals surface area contributed by atoms with E-state index in [1.54, 1.807) is 18.4 Å². The van der Waals surface area contributed by atoms with Crippen molar-refractivity contribution in [3.8, 4) is 5.75 Å². The second-order valence-corrected chi connectivity index (χ2v) is 6.25. The number of aliphatic imine (C=N–C) groups is 1. The lowest BCUT2D eigenvalue weighted by Gasteiger charge is -2.11. The third kappa shape index (κ3) is 5.85. The molecule has 0 atom stereocenters. The molecule has 6 heteroatoms. The number of hydrogen-bond acceptors (Lipinski definition) is 4. The van der Waals surface area contributed by atoms with E-state index < -0.39 is 0 Å². The third-order valence-electron chi connectivity index (χ3n) is 3.51. The Labute approximate surface area is 148 Å². The van der Waals surface area contributed by atoms with E-state index in [0.717, 1.165) is 48.3 Å². The molecule has 0 unspecified atom stereocenters. The van der Waals surface area contributed by atoms with Crippen molar-refractivity contribution >= 4 is 17.3 Å². The maximum atomic E-state index is 5.18. The summed E-state index contributed by atoms with van der Waals surface area (Å²) in [7, 11) is 1.68. The van der Waals surface area contributed by atoms with Gasteiger partial charge in [0.15, 0.2) is 5.96 Å². The number of nitrogens with zero attached hydrogens (tertiary/aromatic N) is 2. The molecule has 0 radical (unpaired) electrons. The standard InChI is InChI=1S/C18H26N4OS/c1-4-17-22-15(13-24-17)12-21-18(19-5-2)20-11-10-14-6-8-16(23-3)9-7-14/h6-9,13H,4-5,10-12H2,1-3H3,(H2,19,20,21). The average molecular weight is 347 g/mol. The highest BCUT2D eigenvalue weighted by molar-refractivity contribution is 7.09. The Bertz CT molecular complexity index is 637. The minimum atomic E-state index is 0.606. The number of rotatable bonds is 8. The number of hydrogen-bond donors (Lipinski definition) is 2. The van der Waals surface area contributed by atoms with E-state index >= 15 is 0 Å². The molecule has 1 aromatic heterocycles. The van der Waals surface area contributed by atoms with E-state index in [2.05, 4.69) is 52.0 Å². The van der Waals surface area contributed by atoms with Crippen LogP contribution in [-0.4, -0.2) is 31.1 Å². The fourth-order valence-electron chi connectivity index (χ4n) is 2.20. The molecule has 0 spiro atoms. The molecule has 0 aliphatic heterocycles. The highest BCUT2D eigenvalue weighted by atomic mass is 32.1. The monoisotopic (exact) mass is 346 g/mol. The van der Waals surface area contributed by atoms with E-state index in [1.165, 1.54) is 5.56 Å². The summed E-state index contributed by atoms with van der Waals surface area (Å²) in [6, 6.07) is 8.16. The Balaban J connectivity index is 1.84. The van der Waals surface area contributed by atoms with Crippen molar-refractivity contribution in [1.29, 1.82) is 0 Å². The lowest BCUT2D eigenvalue weighted by molar-refractivity contribution is 0.414. The van der Waals surface area contributed by atoms with Gasteiger partial charge in [0, 0.05) is 18.5 Å². The second-order valence-electron chi connectivity index (χ2n) is 5.31. The Kier molecular flexibility index (Phi) is 7.55. The van der Waals surface area contributed by atoms with Crippen LogP contribution in [0.5, 0.6) is 5.75 Å². The molecular formula is C18H26N4OS. The summed E-state index contributed by atoms with van der Waals surface area (Å²) in [4.78, 5) is 9.16. The molecule has 0 saturated carbocycles. The van der Waals surface area contributed by atoms with Gasteiger partial charge in [-0.1, -0.05) is 19.1 Å². The van der Waals surface area contributed by atoms with E-state index in [9.17, 15) is 0 Å². The van der Waals surface area contributed by atoms with Crippen LogP contribution in [0, 0.1) is 0 Å².